The first-order valence-corrected chi connectivity index (χ1v) is 7.34. The molecule has 0 saturated heterocycles. The molecule has 23 heavy (non-hydrogen) atoms. The largest absolute Gasteiger partial charge is 0.419 e. The molecule has 0 aliphatic rings. The lowest BCUT2D eigenvalue weighted by Gasteiger charge is -2.04. The Morgan fingerprint density at radius 1 is 1.09 bits per heavy atom. The van der Waals surface area contributed by atoms with Crippen molar-refractivity contribution in [2.45, 2.75) is 6.92 Å². The fraction of sp³-hybridized carbons (Fsp3) is 0.105. The van der Waals surface area contributed by atoms with E-state index in [1.807, 2.05) is 31.4 Å². The zero-order valence-corrected chi connectivity index (χ0v) is 12.9. The maximum absolute atomic E-state index is 7.11. The molecule has 0 amide bonds. The number of rotatable bonds is 1. The van der Waals surface area contributed by atoms with Crippen LogP contribution in [-0.2, 0) is 7.05 Å². The van der Waals surface area contributed by atoms with Crippen molar-refractivity contribution in [1.29, 1.82) is 0 Å². The molecule has 0 bridgehead atoms. The van der Waals surface area contributed by atoms with E-state index in [2.05, 4.69) is 39.5 Å². The molecule has 0 N–H and O–H groups in total. The Hall–Kier alpha value is -3.19. The van der Waals surface area contributed by atoms with Crippen molar-refractivity contribution in [3.8, 4) is 11.3 Å². The first-order valence-electron chi connectivity index (χ1n) is 7.34. The van der Waals surface area contributed by atoms with Crippen molar-refractivity contribution in [3.63, 3.8) is 0 Å². The Morgan fingerprint density at radius 2 is 1.91 bits per heavy atom. The molecular weight excluding hydrogens is 286 g/mol. The highest BCUT2D eigenvalue weighted by Gasteiger charge is 2.21. The molecule has 0 fully saturated rings. The highest BCUT2D eigenvalue weighted by Crippen LogP contribution is 2.36. The van der Waals surface area contributed by atoms with Gasteiger partial charge >= 0.3 is 5.71 Å². The highest BCUT2D eigenvalue weighted by atomic mass is 16.3. The van der Waals surface area contributed by atoms with Crippen LogP contribution in [0.5, 0.6) is 0 Å². The van der Waals surface area contributed by atoms with Gasteiger partial charge < -0.3 is 9.26 Å². The Kier molecular flexibility index (Phi) is 2.88. The number of benzene rings is 1. The molecule has 4 heteroatoms. The van der Waals surface area contributed by atoms with Crippen LogP contribution in [0.3, 0.4) is 0 Å². The van der Waals surface area contributed by atoms with Gasteiger partial charge in [-0.05, 0) is 24.6 Å². The van der Waals surface area contributed by atoms with E-state index in [1.54, 1.807) is 6.07 Å². The lowest BCUT2D eigenvalue weighted by Crippen LogP contribution is -2.30. The van der Waals surface area contributed by atoms with E-state index in [0.29, 0.717) is 11.5 Å². The van der Waals surface area contributed by atoms with Gasteiger partial charge in [-0.25, -0.2) is 4.57 Å². The molecule has 0 atom stereocenters. The topological polar surface area (TPSA) is 34.3 Å². The third kappa shape index (κ3) is 1.98. The fourth-order valence-electron chi connectivity index (χ4n) is 2.97. The van der Waals surface area contributed by atoms with Crippen molar-refractivity contribution in [2.75, 3.05) is 0 Å². The Morgan fingerprint density at radius 3 is 2.70 bits per heavy atom. The summed E-state index contributed by atoms with van der Waals surface area (Å²) in [5.41, 5.74) is 4.62. The van der Waals surface area contributed by atoms with Crippen LogP contribution in [0.2, 0.25) is 0 Å². The zero-order valence-electron chi connectivity index (χ0n) is 12.9. The molecule has 1 aromatic carbocycles. The van der Waals surface area contributed by atoms with Gasteiger partial charge in [0.05, 0.1) is 10.9 Å². The minimum Gasteiger partial charge on any atom is -0.419 e. The third-order valence-corrected chi connectivity index (χ3v) is 4.13. The van der Waals surface area contributed by atoms with Gasteiger partial charge in [-0.3, -0.25) is 0 Å². The summed E-state index contributed by atoms with van der Waals surface area (Å²) < 4.78 is 8.12. The summed E-state index contributed by atoms with van der Waals surface area (Å²) in [5.74, 6) is 0.347. The van der Waals surface area contributed by atoms with Crippen LogP contribution in [0.1, 0.15) is 5.56 Å². The molecule has 3 heterocycles. The normalized spacial score (nSPS) is 11.0. The Labute approximate surface area is 133 Å². The minimum atomic E-state index is 0.347. The number of hydrogen-bond donors (Lipinski definition) is 0. The number of nitrogens with zero attached hydrogens (tertiary/aromatic N) is 3. The molecule has 0 unspecified atom stereocenters. The Balaban J connectivity index is 2.14. The monoisotopic (exact) mass is 300 g/mol. The molecule has 0 aliphatic heterocycles. The molecule has 0 aliphatic carbocycles. The van der Waals surface area contributed by atoms with E-state index < -0.39 is 0 Å². The second-order valence-corrected chi connectivity index (χ2v) is 5.57. The van der Waals surface area contributed by atoms with Crippen molar-refractivity contribution < 1.29 is 8.98 Å². The summed E-state index contributed by atoms with van der Waals surface area (Å²) in [5, 5.41) is 1.96. The predicted molar refractivity (Wildman–Crippen MR) is 89.1 cm³/mol. The van der Waals surface area contributed by atoms with Gasteiger partial charge in [0.2, 0.25) is 5.69 Å². The molecular formula is C19H14N3O+. The van der Waals surface area contributed by atoms with Gasteiger partial charge in [-0.2, -0.15) is 0 Å². The number of furan rings is 1. The van der Waals surface area contributed by atoms with Crippen LogP contribution in [0.25, 0.3) is 38.2 Å². The van der Waals surface area contributed by atoms with Gasteiger partial charge in [0.15, 0.2) is 11.8 Å². The molecule has 4 aromatic rings. The molecule has 4 nitrogen and oxygen atoms in total. The summed E-state index contributed by atoms with van der Waals surface area (Å²) in [6.07, 6.45) is 2.02. The summed E-state index contributed by atoms with van der Waals surface area (Å²) in [6, 6.07) is 13.9. The van der Waals surface area contributed by atoms with Gasteiger partial charge in [0.25, 0.3) is 5.82 Å². The lowest BCUT2D eigenvalue weighted by molar-refractivity contribution is -0.660. The zero-order chi connectivity index (χ0) is 16.0. The van der Waals surface area contributed by atoms with Crippen LogP contribution in [0.15, 0.2) is 53.1 Å². The van der Waals surface area contributed by atoms with Crippen LogP contribution in [0.4, 0.5) is 5.82 Å². The van der Waals surface area contributed by atoms with Gasteiger partial charge in [-0.15, -0.1) is 0 Å². The molecule has 110 valence electrons. The number of hydrogen-bond acceptors (Lipinski definition) is 2. The van der Waals surface area contributed by atoms with Crippen molar-refractivity contribution >= 4 is 27.9 Å². The number of aromatic nitrogens is 2. The molecule has 3 aromatic heterocycles. The number of aryl methyl sites for hydroxylation is 2. The average Bonchev–Trinajstić information content (AvgIpc) is 2.93. The van der Waals surface area contributed by atoms with Crippen molar-refractivity contribution in [2.24, 2.45) is 7.05 Å². The molecule has 0 radical (unpaired) electrons. The standard InChI is InChI=1S/C19H14N3O/c1-12-7-8-13-14-9-10-16(20-2)21-19(14)23-18(13)17(12)15-6-4-5-11-22(15)3/h4-11H,1,3H3/q+1. The average molecular weight is 300 g/mol. The first-order chi connectivity index (χ1) is 11.2. The van der Waals surface area contributed by atoms with E-state index in [0.717, 1.165) is 33.2 Å². The molecule has 0 spiro atoms. The fourth-order valence-corrected chi connectivity index (χ4v) is 2.97. The van der Waals surface area contributed by atoms with Crippen LogP contribution in [-0.4, -0.2) is 4.98 Å². The summed E-state index contributed by atoms with van der Waals surface area (Å²) in [4.78, 5) is 7.67. The highest BCUT2D eigenvalue weighted by molar-refractivity contribution is 6.09. The van der Waals surface area contributed by atoms with E-state index in [1.165, 1.54) is 0 Å². The lowest BCUT2D eigenvalue weighted by atomic mass is 10.0. The number of pyridine rings is 2. The molecule has 4 rings (SSSR count). The van der Waals surface area contributed by atoms with E-state index in [9.17, 15) is 0 Å². The Bertz CT molecular complexity index is 1100. The van der Waals surface area contributed by atoms with E-state index in [4.69, 9.17) is 11.0 Å². The molecule has 0 saturated carbocycles. The van der Waals surface area contributed by atoms with Crippen molar-refractivity contribution in [1.82, 2.24) is 4.98 Å². The first kappa shape index (κ1) is 13.5. The third-order valence-electron chi connectivity index (χ3n) is 4.13. The van der Waals surface area contributed by atoms with E-state index in [-0.39, 0.29) is 0 Å². The summed E-state index contributed by atoms with van der Waals surface area (Å²) in [6.45, 7) is 9.19. The van der Waals surface area contributed by atoms with Crippen molar-refractivity contribution in [3.05, 3.63) is 65.6 Å². The quantitative estimate of drug-likeness (QED) is 0.387. The second kappa shape index (κ2) is 4.92. The smallest absolute Gasteiger partial charge is 0.322 e. The second-order valence-electron chi connectivity index (χ2n) is 5.57. The van der Waals surface area contributed by atoms with Crippen LogP contribution in [0, 0.1) is 13.5 Å². The SMILES string of the molecule is [C-]#[N+]c1ccc2c(n1)oc1c(-c3cccc[n+]3C)c(C)ccc12. The summed E-state index contributed by atoms with van der Waals surface area (Å²) >= 11 is 0. The van der Waals surface area contributed by atoms with Crippen LogP contribution >= 0.6 is 0 Å². The summed E-state index contributed by atoms with van der Waals surface area (Å²) in [7, 11) is 2.02. The van der Waals surface area contributed by atoms with Gasteiger partial charge in [0.1, 0.15) is 7.05 Å². The maximum Gasteiger partial charge on any atom is 0.322 e. The maximum atomic E-state index is 7.11. The number of fused-ring (bicyclic) bond motifs is 3. The van der Waals surface area contributed by atoms with Gasteiger partial charge in [0, 0.05) is 17.5 Å². The van der Waals surface area contributed by atoms with E-state index >= 15 is 0 Å². The minimum absolute atomic E-state index is 0.347. The predicted octanol–water partition coefficient (Wildman–Crippen LogP) is 4.33. The van der Waals surface area contributed by atoms with Crippen LogP contribution < -0.4 is 4.57 Å². The van der Waals surface area contributed by atoms with Gasteiger partial charge in [-0.1, -0.05) is 29.8 Å².